The van der Waals surface area contributed by atoms with Crippen molar-refractivity contribution in [2.24, 2.45) is 0 Å². The lowest BCUT2D eigenvalue weighted by Gasteiger charge is -2.16. The van der Waals surface area contributed by atoms with Crippen molar-refractivity contribution in [3.63, 3.8) is 0 Å². The number of ether oxygens (including phenoxy) is 1. The minimum absolute atomic E-state index is 0.0892. The van der Waals surface area contributed by atoms with Crippen LogP contribution in [0.2, 0.25) is 10.0 Å². The SMILES string of the molecule is COc1c(Cl)cc(C(=O)c2c(C)c(C#N)c(=O)n(CCc3ccccc3)c2O)cc1Cl. The van der Waals surface area contributed by atoms with Crippen molar-refractivity contribution in [1.29, 1.82) is 5.26 Å². The first-order valence-corrected chi connectivity index (χ1v) is 10.0. The quantitative estimate of drug-likeness (QED) is 0.550. The van der Waals surface area contributed by atoms with Gasteiger partial charge < -0.3 is 9.84 Å². The van der Waals surface area contributed by atoms with Gasteiger partial charge in [0.05, 0.1) is 22.7 Å². The van der Waals surface area contributed by atoms with Gasteiger partial charge in [-0.3, -0.25) is 14.2 Å². The molecule has 0 aliphatic rings. The van der Waals surface area contributed by atoms with Gasteiger partial charge in [-0.15, -0.1) is 0 Å². The minimum Gasteiger partial charge on any atom is -0.494 e. The number of aromatic hydroxyl groups is 1. The molecule has 1 heterocycles. The molecular formula is C23H18Cl2N2O4. The summed E-state index contributed by atoms with van der Waals surface area (Å²) < 4.78 is 6.14. The average molecular weight is 457 g/mol. The smallest absolute Gasteiger partial charge is 0.271 e. The van der Waals surface area contributed by atoms with Crippen molar-refractivity contribution in [1.82, 2.24) is 4.57 Å². The predicted molar refractivity (Wildman–Crippen MR) is 118 cm³/mol. The number of halogens is 2. The summed E-state index contributed by atoms with van der Waals surface area (Å²) in [5.41, 5.74) is 0.104. The van der Waals surface area contributed by atoms with Crippen LogP contribution in [0.3, 0.4) is 0 Å². The number of rotatable bonds is 6. The number of carbonyl (C=O) groups is 1. The zero-order valence-corrected chi connectivity index (χ0v) is 18.3. The first kappa shape index (κ1) is 22.4. The Bertz CT molecular complexity index is 1240. The molecular weight excluding hydrogens is 439 g/mol. The van der Waals surface area contributed by atoms with Crippen molar-refractivity contribution in [2.45, 2.75) is 19.9 Å². The van der Waals surface area contributed by atoms with Crippen LogP contribution in [0.5, 0.6) is 11.6 Å². The third kappa shape index (κ3) is 4.29. The fourth-order valence-corrected chi connectivity index (χ4v) is 3.99. The summed E-state index contributed by atoms with van der Waals surface area (Å²) in [7, 11) is 1.40. The van der Waals surface area contributed by atoms with Crippen LogP contribution < -0.4 is 10.3 Å². The molecule has 0 radical (unpaired) electrons. The number of pyridine rings is 1. The number of hydrogen-bond donors (Lipinski definition) is 1. The standard InChI is InChI=1S/C23H18Cl2N2O4/c1-13-16(12-26)22(29)27(9-8-14-6-4-3-5-7-14)23(30)19(13)20(28)15-10-17(24)21(31-2)18(25)11-15/h3-7,10-11,30H,8-9H2,1-2H3. The number of carbonyl (C=O) groups excluding carboxylic acids is 1. The Morgan fingerprint density at radius 1 is 1.19 bits per heavy atom. The number of benzene rings is 2. The van der Waals surface area contributed by atoms with Crippen LogP contribution in [-0.2, 0) is 13.0 Å². The lowest BCUT2D eigenvalue weighted by atomic mass is 9.97. The molecule has 0 unspecified atom stereocenters. The first-order valence-electron chi connectivity index (χ1n) is 9.28. The molecule has 0 aliphatic heterocycles. The van der Waals surface area contributed by atoms with Crippen LogP contribution in [0.25, 0.3) is 0 Å². The molecule has 0 saturated heterocycles. The Morgan fingerprint density at radius 3 is 2.35 bits per heavy atom. The van der Waals surface area contributed by atoms with Gasteiger partial charge in [-0.25, -0.2) is 0 Å². The Kier molecular flexibility index (Phi) is 6.69. The molecule has 0 saturated carbocycles. The topological polar surface area (TPSA) is 92.3 Å². The fourth-order valence-electron chi connectivity index (χ4n) is 3.35. The third-order valence-electron chi connectivity index (χ3n) is 4.96. The zero-order valence-electron chi connectivity index (χ0n) is 16.8. The molecule has 6 nitrogen and oxygen atoms in total. The van der Waals surface area contributed by atoms with Crippen LogP contribution in [-0.4, -0.2) is 22.6 Å². The summed E-state index contributed by atoms with van der Waals surface area (Å²) in [4.78, 5) is 26.0. The van der Waals surface area contributed by atoms with E-state index >= 15 is 0 Å². The number of aryl methyl sites for hydroxylation is 1. The molecule has 0 fully saturated rings. The summed E-state index contributed by atoms with van der Waals surface area (Å²) in [5.74, 6) is -0.914. The minimum atomic E-state index is -0.657. The highest BCUT2D eigenvalue weighted by Gasteiger charge is 2.26. The summed E-state index contributed by atoms with van der Waals surface area (Å²) in [5, 5.41) is 20.6. The lowest BCUT2D eigenvalue weighted by molar-refractivity contribution is 0.103. The fraction of sp³-hybridized carbons (Fsp3) is 0.174. The second kappa shape index (κ2) is 9.25. The van der Waals surface area contributed by atoms with Gasteiger partial charge in [0.1, 0.15) is 11.6 Å². The van der Waals surface area contributed by atoms with Crippen LogP contribution in [0, 0.1) is 18.3 Å². The monoisotopic (exact) mass is 456 g/mol. The highest BCUT2D eigenvalue weighted by Crippen LogP contribution is 2.35. The number of aromatic nitrogens is 1. The molecule has 158 valence electrons. The van der Waals surface area contributed by atoms with Crippen molar-refractivity contribution in [3.8, 4) is 17.7 Å². The van der Waals surface area contributed by atoms with Gasteiger partial charge in [0.25, 0.3) is 5.56 Å². The summed E-state index contributed by atoms with van der Waals surface area (Å²) in [6, 6.07) is 13.9. The molecule has 1 N–H and O–H groups in total. The Hall–Kier alpha value is -3.27. The average Bonchev–Trinajstić information content (AvgIpc) is 2.74. The number of methoxy groups -OCH3 is 1. The van der Waals surface area contributed by atoms with E-state index in [1.54, 1.807) is 0 Å². The van der Waals surface area contributed by atoms with Gasteiger partial charge in [0, 0.05) is 12.1 Å². The second-order valence-corrected chi connectivity index (χ2v) is 7.62. The normalized spacial score (nSPS) is 10.5. The van der Waals surface area contributed by atoms with Crippen molar-refractivity contribution in [3.05, 3.63) is 90.7 Å². The van der Waals surface area contributed by atoms with Gasteiger partial charge in [0.15, 0.2) is 11.5 Å². The summed E-state index contributed by atoms with van der Waals surface area (Å²) in [6.45, 7) is 1.54. The largest absolute Gasteiger partial charge is 0.494 e. The van der Waals surface area contributed by atoms with E-state index < -0.39 is 17.2 Å². The molecule has 8 heteroatoms. The molecule has 3 aromatic rings. The Balaban J connectivity index is 2.13. The van der Waals surface area contributed by atoms with Crippen molar-refractivity contribution >= 4 is 29.0 Å². The van der Waals surface area contributed by atoms with E-state index in [4.69, 9.17) is 27.9 Å². The van der Waals surface area contributed by atoms with E-state index in [-0.39, 0.29) is 44.6 Å². The van der Waals surface area contributed by atoms with Crippen molar-refractivity contribution < 1.29 is 14.6 Å². The van der Waals surface area contributed by atoms with Gasteiger partial charge >= 0.3 is 0 Å². The molecule has 0 spiro atoms. The van der Waals surface area contributed by atoms with E-state index in [1.807, 2.05) is 36.4 Å². The molecule has 31 heavy (non-hydrogen) atoms. The van der Waals surface area contributed by atoms with Crippen LogP contribution in [0.15, 0.2) is 47.3 Å². The number of hydrogen-bond acceptors (Lipinski definition) is 5. The second-order valence-electron chi connectivity index (χ2n) is 6.81. The third-order valence-corrected chi connectivity index (χ3v) is 5.52. The number of nitrogens with zero attached hydrogens (tertiary/aromatic N) is 2. The molecule has 0 amide bonds. The molecule has 2 aromatic carbocycles. The van der Waals surface area contributed by atoms with Gasteiger partial charge in [0.2, 0.25) is 5.88 Å². The van der Waals surface area contributed by atoms with E-state index in [0.717, 1.165) is 10.1 Å². The molecule has 1 aromatic heterocycles. The zero-order chi connectivity index (χ0) is 22.7. The maximum Gasteiger partial charge on any atom is 0.271 e. The van der Waals surface area contributed by atoms with E-state index in [1.165, 1.54) is 26.2 Å². The van der Waals surface area contributed by atoms with Gasteiger partial charge in [-0.05, 0) is 36.6 Å². The highest BCUT2D eigenvalue weighted by atomic mass is 35.5. The maximum absolute atomic E-state index is 13.3. The van der Waals surface area contributed by atoms with E-state index in [2.05, 4.69) is 0 Å². The van der Waals surface area contributed by atoms with Crippen LogP contribution in [0.4, 0.5) is 0 Å². The molecule has 3 rings (SSSR count). The Labute approximate surface area is 188 Å². The van der Waals surface area contributed by atoms with Crippen LogP contribution in [0.1, 0.15) is 32.6 Å². The van der Waals surface area contributed by atoms with Crippen molar-refractivity contribution in [2.75, 3.05) is 7.11 Å². The summed E-state index contributed by atoms with van der Waals surface area (Å²) in [6.07, 6.45) is 0.427. The molecule has 0 aliphatic carbocycles. The highest BCUT2D eigenvalue weighted by molar-refractivity contribution is 6.38. The first-order chi connectivity index (χ1) is 14.8. The number of nitriles is 1. The maximum atomic E-state index is 13.3. The van der Waals surface area contributed by atoms with Crippen LogP contribution >= 0.6 is 23.2 Å². The predicted octanol–water partition coefficient (Wildman–Crippen LogP) is 4.52. The lowest BCUT2D eigenvalue weighted by Crippen LogP contribution is -2.27. The summed E-state index contributed by atoms with van der Waals surface area (Å²) >= 11 is 12.3. The van der Waals surface area contributed by atoms with E-state index in [0.29, 0.717) is 6.42 Å². The van der Waals surface area contributed by atoms with Gasteiger partial charge in [-0.1, -0.05) is 53.5 Å². The van der Waals surface area contributed by atoms with E-state index in [9.17, 15) is 20.0 Å². The Morgan fingerprint density at radius 2 is 1.81 bits per heavy atom. The molecule has 0 atom stereocenters. The number of ketones is 1. The molecule has 0 bridgehead atoms. The van der Waals surface area contributed by atoms with Gasteiger partial charge in [-0.2, -0.15) is 5.26 Å².